The fourth-order valence-corrected chi connectivity index (χ4v) is 2.12. The second kappa shape index (κ2) is 5.50. The van der Waals surface area contributed by atoms with Crippen LogP contribution >= 0.6 is 11.6 Å². The molecule has 1 saturated heterocycles. The van der Waals surface area contributed by atoms with E-state index in [-0.39, 0.29) is 5.38 Å². The minimum absolute atomic E-state index is 0.0873. The first-order valence-corrected chi connectivity index (χ1v) is 5.79. The first-order chi connectivity index (χ1) is 7.36. The molecule has 0 unspecified atom stereocenters. The van der Waals surface area contributed by atoms with Crippen molar-refractivity contribution in [2.75, 3.05) is 32.8 Å². The molecule has 0 aliphatic carbocycles. The zero-order valence-electron chi connectivity index (χ0n) is 8.73. The van der Waals surface area contributed by atoms with Crippen LogP contribution in [0.4, 0.5) is 0 Å². The summed E-state index contributed by atoms with van der Waals surface area (Å²) in [4.78, 5) is 2.36. The van der Waals surface area contributed by atoms with Crippen LogP contribution in [0.5, 0.6) is 0 Å². The number of benzene rings is 1. The highest BCUT2D eigenvalue weighted by molar-refractivity contribution is 6.21. The number of rotatable bonds is 3. The van der Waals surface area contributed by atoms with Gasteiger partial charge < -0.3 is 4.74 Å². The number of hydrogen-bond acceptors (Lipinski definition) is 2. The smallest absolute Gasteiger partial charge is 0.0712 e. The highest BCUT2D eigenvalue weighted by Gasteiger charge is 2.15. The molecule has 1 fully saturated rings. The predicted octanol–water partition coefficient (Wildman–Crippen LogP) is 2.30. The van der Waals surface area contributed by atoms with Crippen LogP contribution < -0.4 is 0 Å². The van der Waals surface area contributed by atoms with E-state index in [2.05, 4.69) is 17.0 Å². The normalized spacial score (nSPS) is 20.1. The van der Waals surface area contributed by atoms with Crippen molar-refractivity contribution in [1.29, 1.82) is 0 Å². The summed E-state index contributed by atoms with van der Waals surface area (Å²) in [5.74, 6) is 0. The molecule has 0 radical (unpaired) electrons. The Morgan fingerprint density at radius 1 is 1.20 bits per heavy atom. The van der Waals surface area contributed by atoms with E-state index in [0.717, 1.165) is 32.8 Å². The van der Waals surface area contributed by atoms with Crippen molar-refractivity contribution in [2.24, 2.45) is 0 Å². The maximum Gasteiger partial charge on any atom is 0.0712 e. The quantitative estimate of drug-likeness (QED) is 0.732. The lowest BCUT2D eigenvalue weighted by Crippen LogP contribution is -2.38. The van der Waals surface area contributed by atoms with Gasteiger partial charge in [-0.1, -0.05) is 30.3 Å². The first-order valence-electron chi connectivity index (χ1n) is 5.35. The van der Waals surface area contributed by atoms with Crippen LogP contribution in [0.2, 0.25) is 0 Å². The molecule has 3 heteroatoms. The van der Waals surface area contributed by atoms with E-state index in [4.69, 9.17) is 16.3 Å². The summed E-state index contributed by atoms with van der Waals surface area (Å²) < 4.78 is 5.30. The van der Waals surface area contributed by atoms with E-state index in [1.807, 2.05) is 18.2 Å². The minimum Gasteiger partial charge on any atom is -0.379 e. The molecule has 0 bridgehead atoms. The van der Waals surface area contributed by atoms with Crippen LogP contribution in [0.1, 0.15) is 10.9 Å². The van der Waals surface area contributed by atoms with E-state index < -0.39 is 0 Å². The Bertz CT molecular complexity index is 285. The highest BCUT2D eigenvalue weighted by Crippen LogP contribution is 2.21. The van der Waals surface area contributed by atoms with Gasteiger partial charge in [-0.15, -0.1) is 11.6 Å². The largest absolute Gasteiger partial charge is 0.379 e. The van der Waals surface area contributed by atoms with Crippen molar-refractivity contribution in [2.45, 2.75) is 5.38 Å². The van der Waals surface area contributed by atoms with Gasteiger partial charge in [0, 0.05) is 19.6 Å². The molecule has 82 valence electrons. The van der Waals surface area contributed by atoms with Crippen LogP contribution in [-0.4, -0.2) is 37.7 Å². The molecule has 0 amide bonds. The summed E-state index contributed by atoms with van der Waals surface area (Å²) in [6.07, 6.45) is 0. The molecule has 1 atom stereocenters. The third-order valence-electron chi connectivity index (χ3n) is 2.68. The third kappa shape index (κ3) is 3.20. The monoisotopic (exact) mass is 225 g/mol. The molecule has 2 rings (SSSR count). The fraction of sp³-hybridized carbons (Fsp3) is 0.500. The second-order valence-corrected chi connectivity index (χ2v) is 4.32. The van der Waals surface area contributed by atoms with Gasteiger partial charge in [-0.2, -0.15) is 0 Å². The summed E-state index contributed by atoms with van der Waals surface area (Å²) in [6, 6.07) is 10.2. The molecule has 0 spiro atoms. The van der Waals surface area contributed by atoms with Crippen molar-refractivity contribution in [3.63, 3.8) is 0 Å². The van der Waals surface area contributed by atoms with Gasteiger partial charge in [-0.3, -0.25) is 4.90 Å². The lowest BCUT2D eigenvalue weighted by molar-refractivity contribution is 0.0379. The molecule has 0 aromatic heterocycles. The maximum atomic E-state index is 6.36. The molecule has 1 heterocycles. The van der Waals surface area contributed by atoms with Crippen LogP contribution in [0.15, 0.2) is 30.3 Å². The summed E-state index contributed by atoms with van der Waals surface area (Å²) in [5.41, 5.74) is 1.20. The molecule has 1 aromatic rings. The van der Waals surface area contributed by atoms with Crippen molar-refractivity contribution < 1.29 is 4.74 Å². The summed E-state index contributed by atoms with van der Waals surface area (Å²) in [7, 11) is 0. The van der Waals surface area contributed by atoms with Crippen LogP contribution in [0.3, 0.4) is 0 Å². The molecular weight excluding hydrogens is 210 g/mol. The topological polar surface area (TPSA) is 12.5 Å². The third-order valence-corrected chi connectivity index (χ3v) is 3.07. The molecule has 2 nitrogen and oxygen atoms in total. The summed E-state index contributed by atoms with van der Waals surface area (Å²) >= 11 is 6.36. The highest BCUT2D eigenvalue weighted by atomic mass is 35.5. The van der Waals surface area contributed by atoms with E-state index >= 15 is 0 Å². The van der Waals surface area contributed by atoms with E-state index in [9.17, 15) is 0 Å². The summed E-state index contributed by atoms with van der Waals surface area (Å²) in [5, 5.41) is 0.0873. The average molecular weight is 226 g/mol. The molecule has 0 saturated carbocycles. The average Bonchev–Trinajstić information content (AvgIpc) is 2.31. The molecule has 1 aromatic carbocycles. The molecule has 1 aliphatic rings. The Morgan fingerprint density at radius 2 is 1.87 bits per heavy atom. The van der Waals surface area contributed by atoms with E-state index in [1.54, 1.807) is 0 Å². The van der Waals surface area contributed by atoms with Gasteiger partial charge in [-0.05, 0) is 5.56 Å². The number of ether oxygens (including phenoxy) is 1. The number of halogens is 1. The van der Waals surface area contributed by atoms with Gasteiger partial charge in [0.25, 0.3) is 0 Å². The van der Waals surface area contributed by atoms with Crippen molar-refractivity contribution >= 4 is 11.6 Å². The lowest BCUT2D eigenvalue weighted by Gasteiger charge is -2.28. The van der Waals surface area contributed by atoms with Crippen molar-refractivity contribution in [1.82, 2.24) is 4.90 Å². The fourth-order valence-electron chi connectivity index (χ4n) is 1.78. The van der Waals surface area contributed by atoms with Crippen molar-refractivity contribution in [3.8, 4) is 0 Å². The number of morpholine rings is 1. The van der Waals surface area contributed by atoms with Crippen molar-refractivity contribution in [3.05, 3.63) is 35.9 Å². The Kier molecular flexibility index (Phi) is 4.01. The SMILES string of the molecule is Cl[C@H](CN1CCOCC1)c1ccccc1. The maximum absolute atomic E-state index is 6.36. The van der Waals surface area contributed by atoms with E-state index in [0.29, 0.717) is 0 Å². The van der Waals surface area contributed by atoms with E-state index in [1.165, 1.54) is 5.56 Å². The first kappa shape index (κ1) is 10.9. The molecular formula is C12H16ClNO. The predicted molar refractivity (Wildman–Crippen MR) is 62.3 cm³/mol. The van der Waals surface area contributed by atoms with Gasteiger partial charge in [0.05, 0.1) is 18.6 Å². The number of alkyl halides is 1. The van der Waals surface area contributed by atoms with Crippen LogP contribution in [0.25, 0.3) is 0 Å². The zero-order chi connectivity index (χ0) is 10.5. The molecule has 1 aliphatic heterocycles. The number of hydrogen-bond donors (Lipinski definition) is 0. The zero-order valence-corrected chi connectivity index (χ0v) is 9.49. The summed E-state index contributed by atoms with van der Waals surface area (Å²) in [6.45, 7) is 4.57. The Morgan fingerprint density at radius 3 is 2.53 bits per heavy atom. The van der Waals surface area contributed by atoms with Gasteiger partial charge in [-0.25, -0.2) is 0 Å². The molecule has 15 heavy (non-hydrogen) atoms. The van der Waals surface area contributed by atoms with Gasteiger partial charge in [0.15, 0.2) is 0 Å². The Balaban J connectivity index is 1.88. The van der Waals surface area contributed by atoms with Crippen LogP contribution in [-0.2, 0) is 4.74 Å². The van der Waals surface area contributed by atoms with Gasteiger partial charge >= 0.3 is 0 Å². The standard InChI is InChI=1S/C12H16ClNO/c13-12(11-4-2-1-3-5-11)10-14-6-8-15-9-7-14/h1-5,12H,6-10H2/t12-/m1/s1. The van der Waals surface area contributed by atoms with Gasteiger partial charge in [0.1, 0.15) is 0 Å². The second-order valence-electron chi connectivity index (χ2n) is 3.79. The Labute approximate surface area is 95.8 Å². The molecule has 0 N–H and O–H groups in total. The minimum atomic E-state index is 0.0873. The number of nitrogens with zero attached hydrogens (tertiary/aromatic N) is 1. The van der Waals surface area contributed by atoms with Gasteiger partial charge in [0.2, 0.25) is 0 Å². The lowest BCUT2D eigenvalue weighted by atomic mass is 10.1. The Hall–Kier alpha value is -0.570. The van der Waals surface area contributed by atoms with Crippen LogP contribution in [0, 0.1) is 0 Å².